The van der Waals surface area contributed by atoms with Gasteiger partial charge in [-0.2, -0.15) is 0 Å². The summed E-state index contributed by atoms with van der Waals surface area (Å²) in [5.74, 6) is 0.913. The van der Waals surface area contributed by atoms with Crippen LogP contribution in [0.3, 0.4) is 0 Å². The zero-order chi connectivity index (χ0) is 17.2. The van der Waals surface area contributed by atoms with Gasteiger partial charge in [0.15, 0.2) is 0 Å². The summed E-state index contributed by atoms with van der Waals surface area (Å²) in [5, 5.41) is 0. The zero-order valence-electron chi connectivity index (χ0n) is 14.7. The summed E-state index contributed by atoms with van der Waals surface area (Å²) in [6, 6.07) is 7.83. The minimum Gasteiger partial charge on any atom is -0.497 e. The van der Waals surface area contributed by atoms with Crippen LogP contribution in [0.2, 0.25) is 0 Å². The summed E-state index contributed by atoms with van der Waals surface area (Å²) < 4.78 is 5.21. The Balaban J connectivity index is 2.55. The van der Waals surface area contributed by atoms with Gasteiger partial charge in [0.2, 0.25) is 11.8 Å². The summed E-state index contributed by atoms with van der Waals surface area (Å²) in [5.41, 5.74) is 1.12. The Morgan fingerprint density at radius 2 is 1.78 bits per heavy atom. The number of benzene rings is 1. The fourth-order valence-corrected chi connectivity index (χ4v) is 2.48. The number of nitrogens with zero attached hydrogens (tertiary/aromatic N) is 2. The smallest absolute Gasteiger partial charge is 0.224 e. The molecular formula is C18H28N2O3. The van der Waals surface area contributed by atoms with Crippen LogP contribution >= 0.6 is 0 Å². The van der Waals surface area contributed by atoms with E-state index in [4.69, 9.17) is 4.74 Å². The lowest BCUT2D eigenvalue weighted by Crippen LogP contribution is -2.37. The largest absolute Gasteiger partial charge is 0.497 e. The van der Waals surface area contributed by atoms with E-state index in [1.54, 1.807) is 23.8 Å². The molecule has 5 heteroatoms. The van der Waals surface area contributed by atoms with E-state index in [0.717, 1.165) is 17.7 Å². The van der Waals surface area contributed by atoms with Gasteiger partial charge < -0.3 is 14.5 Å². The van der Waals surface area contributed by atoms with Crippen molar-refractivity contribution >= 4 is 11.8 Å². The van der Waals surface area contributed by atoms with Crippen molar-refractivity contribution in [2.45, 2.75) is 33.6 Å². The Morgan fingerprint density at radius 1 is 1.09 bits per heavy atom. The van der Waals surface area contributed by atoms with Crippen LogP contribution in [0.25, 0.3) is 0 Å². The number of amides is 2. The molecule has 1 aromatic rings. The summed E-state index contributed by atoms with van der Waals surface area (Å²) in [6.45, 7) is 7.97. The lowest BCUT2D eigenvalue weighted by atomic mass is 10.1. The number of carbonyl (C=O) groups excluding carboxylic acids is 2. The highest BCUT2D eigenvalue weighted by Gasteiger charge is 2.14. The fraction of sp³-hybridized carbons (Fsp3) is 0.556. The summed E-state index contributed by atoms with van der Waals surface area (Å²) >= 11 is 0. The Bertz CT molecular complexity index is 513. The Labute approximate surface area is 139 Å². The van der Waals surface area contributed by atoms with Gasteiger partial charge in [0.05, 0.1) is 7.11 Å². The molecule has 0 aliphatic heterocycles. The summed E-state index contributed by atoms with van der Waals surface area (Å²) in [4.78, 5) is 27.4. The van der Waals surface area contributed by atoms with Gasteiger partial charge in [-0.1, -0.05) is 12.1 Å². The number of methoxy groups -OCH3 is 1. The van der Waals surface area contributed by atoms with Crippen molar-refractivity contribution in [1.82, 2.24) is 9.80 Å². The molecule has 0 heterocycles. The normalized spacial score (nSPS) is 10.3. The fourth-order valence-electron chi connectivity index (χ4n) is 2.48. The zero-order valence-corrected chi connectivity index (χ0v) is 14.7. The quantitative estimate of drug-likeness (QED) is 0.702. The number of rotatable bonds is 9. The monoisotopic (exact) mass is 320 g/mol. The van der Waals surface area contributed by atoms with Gasteiger partial charge >= 0.3 is 0 Å². The molecule has 2 amide bonds. The van der Waals surface area contributed by atoms with E-state index < -0.39 is 0 Å². The predicted molar refractivity (Wildman–Crippen MR) is 91.5 cm³/mol. The van der Waals surface area contributed by atoms with Gasteiger partial charge in [0.25, 0.3) is 0 Å². The van der Waals surface area contributed by atoms with Gasteiger partial charge in [-0.25, -0.2) is 0 Å². The maximum atomic E-state index is 12.1. The molecule has 0 spiro atoms. The predicted octanol–water partition coefficient (Wildman–Crippen LogP) is 2.34. The molecule has 0 aliphatic rings. The van der Waals surface area contributed by atoms with Crippen molar-refractivity contribution in [2.75, 3.05) is 33.3 Å². The first-order chi connectivity index (χ1) is 11.0. The topological polar surface area (TPSA) is 49.9 Å². The molecule has 0 saturated carbocycles. The van der Waals surface area contributed by atoms with E-state index in [0.29, 0.717) is 32.6 Å². The van der Waals surface area contributed by atoms with Crippen LogP contribution in [0.5, 0.6) is 5.75 Å². The van der Waals surface area contributed by atoms with Crippen LogP contribution in [-0.2, 0) is 16.0 Å². The minimum absolute atomic E-state index is 0.000225. The highest BCUT2D eigenvalue weighted by atomic mass is 16.5. The number of hydrogen-bond donors (Lipinski definition) is 0. The van der Waals surface area contributed by atoms with Gasteiger partial charge in [-0.05, 0) is 38.0 Å². The summed E-state index contributed by atoms with van der Waals surface area (Å²) in [7, 11) is 1.64. The molecule has 128 valence electrons. The number of ether oxygens (including phenoxy) is 1. The summed E-state index contributed by atoms with van der Waals surface area (Å²) in [6.07, 6.45) is 1.12. The van der Waals surface area contributed by atoms with Gasteiger partial charge in [-0.3, -0.25) is 9.59 Å². The van der Waals surface area contributed by atoms with Crippen molar-refractivity contribution in [3.63, 3.8) is 0 Å². The highest BCUT2D eigenvalue weighted by molar-refractivity contribution is 5.78. The highest BCUT2D eigenvalue weighted by Crippen LogP contribution is 2.13. The van der Waals surface area contributed by atoms with Gasteiger partial charge in [-0.15, -0.1) is 0 Å². The molecule has 0 atom stereocenters. The molecule has 0 N–H and O–H groups in total. The molecule has 1 aromatic carbocycles. The second-order valence-corrected chi connectivity index (χ2v) is 5.42. The van der Waals surface area contributed by atoms with Crippen LogP contribution in [0.15, 0.2) is 24.3 Å². The maximum Gasteiger partial charge on any atom is 0.224 e. The standard InChI is InChI=1S/C18H28N2O3/c1-5-19(6-2)18(22)11-13-20(15(3)21)12-10-16-8-7-9-17(14-16)23-4/h7-9,14H,5-6,10-13H2,1-4H3. The number of hydrogen-bond acceptors (Lipinski definition) is 3. The average molecular weight is 320 g/mol. The van der Waals surface area contributed by atoms with Crippen molar-refractivity contribution in [3.05, 3.63) is 29.8 Å². The Morgan fingerprint density at radius 3 is 2.35 bits per heavy atom. The van der Waals surface area contributed by atoms with Crippen molar-refractivity contribution < 1.29 is 14.3 Å². The van der Waals surface area contributed by atoms with E-state index in [1.807, 2.05) is 38.1 Å². The molecule has 0 bridgehead atoms. The molecule has 1 rings (SSSR count). The first-order valence-electron chi connectivity index (χ1n) is 8.18. The maximum absolute atomic E-state index is 12.1. The van der Waals surface area contributed by atoms with E-state index >= 15 is 0 Å². The van der Waals surface area contributed by atoms with E-state index in [2.05, 4.69) is 0 Å². The lowest BCUT2D eigenvalue weighted by Gasteiger charge is -2.24. The molecule has 0 fully saturated rings. The number of carbonyl (C=O) groups is 2. The third kappa shape index (κ3) is 6.30. The molecule has 0 aliphatic carbocycles. The van der Waals surface area contributed by atoms with E-state index in [9.17, 15) is 9.59 Å². The molecule has 0 radical (unpaired) electrons. The van der Waals surface area contributed by atoms with Crippen LogP contribution in [0, 0.1) is 0 Å². The van der Waals surface area contributed by atoms with Crippen molar-refractivity contribution in [2.24, 2.45) is 0 Å². The molecule has 5 nitrogen and oxygen atoms in total. The molecular weight excluding hydrogens is 292 g/mol. The third-order valence-corrected chi connectivity index (χ3v) is 3.96. The average Bonchev–Trinajstić information content (AvgIpc) is 2.55. The lowest BCUT2D eigenvalue weighted by molar-refractivity contribution is -0.133. The molecule has 0 aromatic heterocycles. The van der Waals surface area contributed by atoms with E-state index in [1.165, 1.54) is 0 Å². The minimum atomic E-state index is 0.000225. The molecule has 0 unspecified atom stereocenters. The van der Waals surface area contributed by atoms with Crippen LogP contribution < -0.4 is 4.74 Å². The van der Waals surface area contributed by atoms with Gasteiger partial charge in [0.1, 0.15) is 5.75 Å². The SMILES string of the molecule is CCN(CC)C(=O)CCN(CCc1cccc(OC)c1)C(C)=O. The third-order valence-electron chi connectivity index (χ3n) is 3.96. The van der Waals surface area contributed by atoms with Crippen LogP contribution in [0.4, 0.5) is 0 Å². The van der Waals surface area contributed by atoms with E-state index in [-0.39, 0.29) is 11.8 Å². The van der Waals surface area contributed by atoms with Crippen LogP contribution in [0.1, 0.15) is 32.8 Å². The first-order valence-corrected chi connectivity index (χ1v) is 8.18. The molecule has 0 saturated heterocycles. The first kappa shape index (κ1) is 19.0. The van der Waals surface area contributed by atoms with Crippen molar-refractivity contribution in [3.8, 4) is 5.75 Å². The van der Waals surface area contributed by atoms with Crippen LogP contribution in [-0.4, -0.2) is 54.9 Å². The van der Waals surface area contributed by atoms with Gasteiger partial charge in [0, 0.05) is 39.5 Å². The second kappa shape index (κ2) is 9.87. The second-order valence-electron chi connectivity index (χ2n) is 5.42. The molecule has 23 heavy (non-hydrogen) atoms. The van der Waals surface area contributed by atoms with Crippen molar-refractivity contribution in [1.29, 1.82) is 0 Å². The Hall–Kier alpha value is -2.04. The Kier molecular flexibility index (Phi) is 8.16.